The predicted octanol–water partition coefficient (Wildman–Crippen LogP) is 3.51. The van der Waals surface area contributed by atoms with Crippen LogP contribution in [0, 0.1) is 17.1 Å². The maximum atomic E-state index is 13.9. The number of carbonyl (C=O) groups is 1. The molecule has 0 fully saturated rings. The fourth-order valence-corrected chi connectivity index (χ4v) is 3.01. The van der Waals surface area contributed by atoms with Crippen LogP contribution in [0.5, 0.6) is 0 Å². The highest BCUT2D eigenvalue weighted by Crippen LogP contribution is 2.37. The van der Waals surface area contributed by atoms with Gasteiger partial charge in [0.1, 0.15) is 11.5 Å². The lowest BCUT2D eigenvalue weighted by Gasteiger charge is -2.27. The Labute approximate surface area is 143 Å². The van der Waals surface area contributed by atoms with E-state index in [2.05, 4.69) is 11.4 Å². The number of hydrogen-bond donors (Lipinski definition) is 2. The third-order valence-corrected chi connectivity index (χ3v) is 4.25. The van der Waals surface area contributed by atoms with E-state index in [4.69, 9.17) is 17.3 Å². The quantitative estimate of drug-likeness (QED) is 0.877. The van der Waals surface area contributed by atoms with Gasteiger partial charge in [-0.3, -0.25) is 4.79 Å². The molecule has 2 aromatic carbocycles. The number of nitriles is 1. The predicted molar refractivity (Wildman–Crippen MR) is 90.3 cm³/mol. The van der Waals surface area contributed by atoms with Gasteiger partial charge in [0.05, 0.1) is 16.7 Å². The number of fused-ring (bicyclic) bond motifs is 1. The van der Waals surface area contributed by atoms with Crippen LogP contribution in [0.2, 0.25) is 5.02 Å². The van der Waals surface area contributed by atoms with Gasteiger partial charge in [-0.25, -0.2) is 4.39 Å². The molecule has 0 bridgehead atoms. The molecule has 1 unspecified atom stereocenters. The van der Waals surface area contributed by atoms with E-state index in [-0.39, 0.29) is 16.8 Å². The highest BCUT2D eigenvalue weighted by molar-refractivity contribution is 6.30. The molecule has 0 aliphatic carbocycles. The number of nitrogens with one attached hydrogen (secondary N) is 1. The fourth-order valence-electron chi connectivity index (χ4n) is 2.89. The van der Waals surface area contributed by atoms with Crippen molar-refractivity contribution in [2.45, 2.75) is 13.0 Å². The van der Waals surface area contributed by atoms with Gasteiger partial charge in [0.25, 0.3) is 5.91 Å². The number of amides is 1. The Kier molecular flexibility index (Phi) is 4.00. The zero-order valence-corrected chi connectivity index (χ0v) is 13.5. The largest absolute Gasteiger partial charge is 0.374 e. The smallest absolute Gasteiger partial charge is 0.264 e. The van der Waals surface area contributed by atoms with Gasteiger partial charge in [-0.2, -0.15) is 5.26 Å². The van der Waals surface area contributed by atoms with Crippen molar-refractivity contribution in [1.82, 2.24) is 5.32 Å². The first-order valence-electron chi connectivity index (χ1n) is 7.22. The Morgan fingerprint density at radius 1 is 1.38 bits per heavy atom. The molecule has 0 radical (unpaired) electrons. The average molecular weight is 342 g/mol. The van der Waals surface area contributed by atoms with Gasteiger partial charge in [-0.15, -0.1) is 0 Å². The number of primary amides is 1. The Morgan fingerprint density at radius 2 is 2.12 bits per heavy atom. The van der Waals surface area contributed by atoms with Crippen molar-refractivity contribution in [3.63, 3.8) is 0 Å². The lowest BCUT2D eigenvalue weighted by atomic mass is 9.87. The van der Waals surface area contributed by atoms with Gasteiger partial charge in [-0.05, 0) is 59.5 Å². The van der Waals surface area contributed by atoms with Crippen LogP contribution >= 0.6 is 11.6 Å². The monoisotopic (exact) mass is 341 g/mol. The second-order valence-corrected chi connectivity index (χ2v) is 5.96. The maximum absolute atomic E-state index is 13.9. The van der Waals surface area contributed by atoms with Crippen molar-refractivity contribution in [3.8, 4) is 17.2 Å². The number of benzene rings is 2. The molecule has 1 heterocycles. The first-order chi connectivity index (χ1) is 11.4. The molecule has 0 saturated heterocycles. The molecule has 1 atom stereocenters. The molecule has 3 rings (SSSR count). The van der Waals surface area contributed by atoms with E-state index in [1.807, 2.05) is 6.92 Å². The second kappa shape index (κ2) is 5.99. The summed E-state index contributed by atoms with van der Waals surface area (Å²) < 4.78 is 13.9. The van der Waals surface area contributed by atoms with Crippen molar-refractivity contribution in [2.75, 3.05) is 0 Å². The van der Waals surface area contributed by atoms with E-state index in [0.717, 1.165) is 5.56 Å². The van der Waals surface area contributed by atoms with E-state index in [1.54, 1.807) is 24.3 Å². The molecule has 24 heavy (non-hydrogen) atoms. The van der Waals surface area contributed by atoms with Crippen LogP contribution in [0.25, 0.3) is 17.2 Å². The molecule has 3 N–H and O–H groups in total. The SMILES string of the molecule is CC1NC(C(N)=O)=Cc2cc(C#N)cc(-c3ccc(Cl)c(F)c3)c21. The fraction of sp³-hybridized carbons (Fsp3) is 0.111. The molecule has 0 aromatic heterocycles. The van der Waals surface area contributed by atoms with Crippen LogP contribution in [0.1, 0.15) is 29.7 Å². The first-order valence-corrected chi connectivity index (χ1v) is 7.60. The summed E-state index contributed by atoms with van der Waals surface area (Å²) in [7, 11) is 0. The Bertz CT molecular complexity index is 931. The number of carbonyl (C=O) groups excluding carboxylic acids is 1. The number of hydrogen-bond acceptors (Lipinski definition) is 3. The zero-order chi connectivity index (χ0) is 17.4. The Hall–Kier alpha value is -2.84. The number of rotatable bonds is 2. The molecule has 1 aliphatic rings. The molecule has 6 heteroatoms. The summed E-state index contributed by atoms with van der Waals surface area (Å²) in [5.41, 5.74) is 8.91. The van der Waals surface area contributed by atoms with Crippen LogP contribution in [-0.4, -0.2) is 5.91 Å². The Balaban J connectivity index is 2.28. The maximum Gasteiger partial charge on any atom is 0.264 e. The van der Waals surface area contributed by atoms with E-state index in [0.29, 0.717) is 22.3 Å². The molecule has 2 aromatic rings. The molecule has 4 nitrogen and oxygen atoms in total. The molecule has 0 spiro atoms. The standard InChI is InChI=1S/C18H13ClFN3O/c1-9-17-12(7-16(23-9)18(22)24)4-10(8-21)5-13(17)11-2-3-14(19)15(20)6-11/h2-7,9,23H,1H3,(H2,22,24). The molecule has 120 valence electrons. The Morgan fingerprint density at radius 3 is 2.75 bits per heavy atom. The topological polar surface area (TPSA) is 78.9 Å². The third kappa shape index (κ3) is 2.72. The molecule has 1 amide bonds. The van der Waals surface area contributed by atoms with Gasteiger partial charge >= 0.3 is 0 Å². The first kappa shape index (κ1) is 16.0. The van der Waals surface area contributed by atoms with E-state index in [9.17, 15) is 14.4 Å². The molecule has 0 saturated carbocycles. The van der Waals surface area contributed by atoms with Crippen LogP contribution in [-0.2, 0) is 4.79 Å². The summed E-state index contributed by atoms with van der Waals surface area (Å²) in [6, 6.07) is 9.75. The number of nitrogens with zero attached hydrogens (tertiary/aromatic N) is 1. The van der Waals surface area contributed by atoms with Gasteiger partial charge < -0.3 is 11.1 Å². The van der Waals surface area contributed by atoms with E-state index >= 15 is 0 Å². The van der Waals surface area contributed by atoms with Gasteiger partial charge in [0.2, 0.25) is 0 Å². The van der Waals surface area contributed by atoms with Gasteiger partial charge in [-0.1, -0.05) is 17.7 Å². The third-order valence-electron chi connectivity index (χ3n) is 3.94. The summed E-state index contributed by atoms with van der Waals surface area (Å²) in [5.74, 6) is -1.11. The zero-order valence-electron chi connectivity index (χ0n) is 12.7. The lowest BCUT2D eigenvalue weighted by molar-refractivity contribution is -0.114. The van der Waals surface area contributed by atoms with Crippen molar-refractivity contribution in [3.05, 3.63) is 63.6 Å². The van der Waals surface area contributed by atoms with Crippen LogP contribution in [0.15, 0.2) is 36.0 Å². The van der Waals surface area contributed by atoms with Crippen LogP contribution in [0.4, 0.5) is 4.39 Å². The summed E-state index contributed by atoms with van der Waals surface area (Å²) in [4.78, 5) is 11.5. The molecular weight excluding hydrogens is 329 g/mol. The minimum Gasteiger partial charge on any atom is -0.374 e. The minimum atomic E-state index is -0.575. The van der Waals surface area contributed by atoms with Crippen molar-refractivity contribution in [2.24, 2.45) is 5.73 Å². The van der Waals surface area contributed by atoms with Gasteiger partial charge in [0.15, 0.2) is 0 Å². The van der Waals surface area contributed by atoms with Crippen molar-refractivity contribution >= 4 is 23.6 Å². The molecular formula is C18H13ClFN3O. The normalized spacial score (nSPS) is 15.8. The van der Waals surface area contributed by atoms with Crippen LogP contribution in [0.3, 0.4) is 0 Å². The van der Waals surface area contributed by atoms with E-state index in [1.165, 1.54) is 12.1 Å². The second-order valence-electron chi connectivity index (χ2n) is 5.56. The summed E-state index contributed by atoms with van der Waals surface area (Å²) in [6.07, 6.45) is 1.61. The highest BCUT2D eigenvalue weighted by atomic mass is 35.5. The van der Waals surface area contributed by atoms with Crippen molar-refractivity contribution in [1.29, 1.82) is 5.26 Å². The summed E-state index contributed by atoms with van der Waals surface area (Å²) in [5, 5.41) is 12.3. The minimum absolute atomic E-state index is 0.0335. The number of nitrogens with two attached hydrogens (primary N) is 1. The summed E-state index contributed by atoms with van der Waals surface area (Å²) in [6.45, 7) is 1.87. The summed E-state index contributed by atoms with van der Waals surface area (Å²) >= 11 is 5.75. The van der Waals surface area contributed by atoms with Crippen molar-refractivity contribution < 1.29 is 9.18 Å². The van der Waals surface area contributed by atoms with E-state index < -0.39 is 11.7 Å². The van der Waals surface area contributed by atoms with Crippen LogP contribution < -0.4 is 11.1 Å². The number of halogens is 2. The highest BCUT2D eigenvalue weighted by Gasteiger charge is 2.24. The van der Waals surface area contributed by atoms with Gasteiger partial charge in [0, 0.05) is 6.04 Å². The molecule has 1 aliphatic heterocycles. The lowest BCUT2D eigenvalue weighted by Crippen LogP contribution is -2.31. The average Bonchev–Trinajstić information content (AvgIpc) is 2.56.